The van der Waals surface area contributed by atoms with Crippen LogP contribution in [0.5, 0.6) is 11.5 Å². The first-order valence-electron chi connectivity index (χ1n) is 10.2. The smallest absolute Gasteiger partial charge is 0.276 e. The molecular formula is C21H31N5O3. The van der Waals surface area contributed by atoms with Crippen molar-refractivity contribution in [3.8, 4) is 11.5 Å². The lowest BCUT2D eigenvalue weighted by atomic mass is 10.0. The van der Waals surface area contributed by atoms with Crippen molar-refractivity contribution in [2.24, 2.45) is 0 Å². The van der Waals surface area contributed by atoms with E-state index in [9.17, 15) is 4.79 Å². The average molecular weight is 402 g/mol. The van der Waals surface area contributed by atoms with Crippen LogP contribution in [0.25, 0.3) is 0 Å². The standard InChI is InChI=1S/C21H31N5O3/c1-5-25(6-2)21(27)19-15-26(23-22-19)17-8-7-11-24(14-17)13-16-12-18(28-3)9-10-20(16)29-4/h9-10,12,15,17H,5-8,11,13-14H2,1-4H3. The molecule has 0 radical (unpaired) electrons. The summed E-state index contributed by atoms with van der Waals surface area (Å²) in [6.45, 7) is 7.91. The molecule has 1 fully saturated rings. The van der Waals surface area contributed by atoms with Crippen molar-refractivity contribution in [2.75, 3.05) is 40.4 Å². The number of aromatic nitrogens is 3. The second kappa shape index (κ2) is 9.73. The number of ether oxygens (including phenoxy) is 2. The normalized spacial score (nSPS) is 17.2. The summed E-state index contributed by atoms with van der Waals surface area (Å²) in [4.78, 5) is 16.7. The van der Waals surface area contributed by atoms with E-state index in [-0.39, 0.29) is 11.9 Å². The summed E-state index contributed by atoms with van der Waals surface area (Å²) in [5.41, 5.74) is 1.52. The molecule has 2 heterocycles. The first-order valence-corrected chi connectivity index (χ1v) is 10.2. The molecule has 1 aliphatic heterocycles. The first kappa shape index (κ1) is 21.1. The van der Waals surface area contributed by atoms with Gasteiger partial charge in [0.25, 0.3) is 5.91 Å². The Morgan fingerprint density at radius 1 is 1.24 bits per heavy atom. The molecule has 1 amide bonds. The van der Waals surface area contributed by atoms with Gasteiger partial charge in [0, 0.05) is 31.7 Å². The van der Waals surface area contributed by atoms with Crippen molar-refractivity contribution >= 4 is 5.91 Å². The number of likely N-dealkylation sites (tertiary alicyclic amines) is 1. The Kier molecular flexibility index (Phi) is 7.09. The van der Waals surface area contributed by atoms with Gasteiger partial charge in [0.2, 0.25) is 0 Å². The number of amides is 1. The van der Waals surface area contributed by atoms with E-state index in [2.05, 4.69) is 15.2 Å². The molecule has 1 aliphatic rings. The molecule has 1 unspecified atom stereocenters. The average Bonchev–Trinajstić information content (AvgIpc) is 3.25. The van der Waals surface area contributed by atoms with E-state index >= 15 is 0 Å². The summed E-state index contributed by atoms with van der Waals surface area (Å²) in [5.74, 6) is 1.63. The van der Waals surface area contributed by atoms with Crippen LogP contribution in [0.15, 0.2) is 24.4 Å². The highest BCUT2D eigenvalue weighted by Gasteiger charge is 2.25. The van der Waals surface area contributed by atoms with Gasteiger partial charge in [-0.15, -0.1) is 5.10 Å². The minimum absolute atomic E-state index is 0.0602. The zero-order valence-electron chi connectivity index (χ0n) is 17.8. The monoisotopic (exact) mass is 401 g/mol. The lowest BCUT2D eigenvalue weighted by Gasteiger charge is -2.32. The summed E-state index contributed by atoms with van der Waals surface area (Å²) >= 11 is 0. The summed E-state index contributed by atoms with van der Waals surface area (Å²) in [5, 5.41) is 8.40. The molecule has 1 aromatic heterocycles. The highest BCUT2D eigenvalue weighted by molar-refractivity contribution is 5.91. The number of methoxy groups -OCH3 is 2. The van der Waals surface area contributed by atoms with Gasteiger partial charge in [-0.1, -0.05) is 5.21 Å². The molecule has 29 heavy (non-hydrogen) atoms. The van der Waals surface area contributed by atoms with E-state index < -0.39 is 0 Å². The van der Waals surface area contributed by atoms with Crippen molar-refractivity contribution in [1.82, 2.24) is 24.8 Å². The van der Waals surface area contributed by atoms with E-state index in [1.165, 1.54) is 0 Å². The Hall–Kier alpha value is -2.61. The molecule has 158 valence electrons. The molecular weight excluding hydrogens is 370 g/mol. The number of hydrogen-bond donors (Lipinski definition) is 0. The van der Waals surface area contributed by atoms with Gasteiger partial charge in [-0.05, 0) is 51.4 Å². The van der Waals surface area contributed by atoms with Crippen molar-refractivity contribution in [1.29, 1.82) is 0 Å². The van der Waals surface area contributed by atoms with E-state index in [0.717, 1.165) is 49.5 Å². The van der Waals surface area contributed by atoms with Gasteiger partial charge in [-0.25, -0.2) is 4.68 Å². The van der Waals surface area contributed by atoms with Crippen LogP contribution in [0.4, 0.5) is 0 Å². The number of hydrogen-bond acceptors (Lipinski definition) is 6. The van der Waals surface area contributed by atoms with Crippen LogP contribution < -0.4 is 9.47 Å². The highest BCUT2D eigenvalue weighted by atomic mass is 16.5. The first-order chi connectivity index (χ1) is 14.1. The number of carbonyl (C=O) groups is 1. The number of rotatable bonds is 8. The predicted molar refractivity (Wildman–Crippen MR) is 110 cm³/mol. The fourth-order valence-electron chi connectivity index (χ4n) is 3.86. The lowest BCUT2D eigenvalue weighted by Crippen LogP contribution is -2.36. The third-order valence-corrected chi connectivity index (χ3v) is 5.52. The second-order valence-electron chi connectivity index (χ2n) is 7.27. The number of benzene rings is 1. The third-order valence-electron chi connectivity index (χ3n) is 5.52. The summed E-state index contributed by atoms with van der Waals surface area (Å²) < 4.78 is 12.7. The fraction of sp³-hybridized carbons (Fsp3) is 0.571. The maximum absolute atomic E-state index is 12.5. The molecule has 1 atom stereocenters. The number of nitrogens with zero attached hydrogens (tertiary/aromatic N) is 5. The Balaban J connectivity index is 1.69. The molecule has 1 aromatic carbocycles. The van der Waals surface area contributed by atoms with Crippen molar-refractivity contribution in [3.05, 3.63) is 35.7 Å². The van der Waals surface area contributed by atoms with Crippen molar-refractivity contribution in [3.63, 3.8) is 0 Å². The zero-order chi connectivity index (χ0) is 20.8. The van der Waals surface area contributed by atoms with Crippen LogP contribution in [-0.2, 0) is 6.54 Å². The van der Waals surface area contributed by atoms with Gasteiger partial charge in [0.1, 0.15) is 11.5 Å². The van der Waals surface area contributed by atoms with Gasteiger partial charge in [-0.3, -0.25) is 9.69 Å². The molecule has 0 bridgehead atoms. The van der Waals surface area contributed by atoms with Gasteiger partial charge in [0.05, 0.1) is 26.5 Å². The molecule has 2 aromatic rings. The fourth-order valence-corrected chi connectivity index (χ4v) is 3.86. The SMILES string of the molecule is CCN(CC)C(=O)c1cn(C2CCCN(Cc3cc(OC)ccc3OC)C2)nn1. The molecule has 0 N–H and O–H groups in total. The zero-order valence-corrected chi connectivity index (χ0v) is 17.8. The lowest BCUT2D eigenvalue weighted by molar-refractivity contribution is 0.0767. The topological polar surface area (TPSA) is 72.7 Å². The predicted octanol–water partition coefficient (Wildman–Crippen LogP) is 2.61. The van der Waals surface area contributed by atoms with Gasteiger partial charge in [-0.2, -0.15) is 0 Å². The highest BCUT2D eigenvalue weighted by Crippen LogP contribution is 2.28. The van der Waals surface area contributed by atoms with Gasteiger partial charge in [0.15, 0.2) is 5.69 Å². The number of piperidine rings is 1. The molecule has 0 saturated carbocycles. The Morgan fingerprint density at radius 2 is 2.03 bits per heavy atom. The minimum atomic E-state index is -0.0602. The molecule has 1 saturated heterocycles. The summed E-state index contributed by atoms with van der Waals surface area (Å²) in [7, 11) is 3.36. The van der Waals surface area contributed by atoms with Gasteiger partial charge < -0.3 is 14.4 Å². The van der Waals surface area contributed by atoms with Crippen LogP contribution in [0.1, 0.15) is 48.8 Å². The van der Waals surface area contributed by atoms with E-state index in [4.69, 9.17) is 9.47 Å². The molecule has 0 aliphatic carbocycles. The van der Waals surface area contributed by atoms with Gasteiger partial charge >= 0.3 is 0 Å². The largest absolute Gasteiger partial charge is 0.497 e. The Labute approximate surface area is 172 Å². The van der Waals surface area contributed by atoms with Crippen molar-refractivity contribution in [2.45, 2.75) is 39.3 Å². The quantitative estimate of drug-likeness (QED) is 0.677. The second-order valence-corrected chi connectivity index (χ2v) is 7.27. The molecule has 0 spiro atoms. The van der Waals surface area contributed by atoms with E-state index in [1.54, 1.807) is 25.3 Å². The Morgan fingerprint density at radius 3 is 2.72 bits per heavy atom. The maximum Gasteiger partial charge on any atom is 0.276 e. The van der Waals surface area contributed by atoms with E-state index in [1.807, 2.05) is 36.7 Å². The Bertz CT molecular complexity index is 818. The molecule has 8 nitrogen and oxygen atoms in total. The molecule has 3 rings (SSSR count). The summed E-state index contributed by atoms with van der Waals surface area (Å²) in [6.07, 6.45) is 3.88. The van der Waals surface area contributed by atoms with Crippen LogP contribution >= 0.6 is 0 Å². The van der Waals surface area contributed by atoms with Crippen LogP contribution in [0, 0.1) is 0 Å². The summed E-state index contributed by atoms with van der Waals surface area (Å²) in [6, 6.07) is 6.08. The van der Waals surface area contributed by atoms with Crippen LogP contribution in [0.2, 0.25) is 0 Å². The third kappa shape index (κ3) is 4.87. The van der Waals surface area contributed by atoms with Crippen LogP contribution in [0.3, 0.4) is 0 Å². The van der Waals surface area contributed by atoms with Crippen molar-refractivity contribution < 1.29 is 14.3 Å². The maximum atomic E-state index is 12.5. The number of carbonyl (C=O) groups excluding carboxylic acids is 1. The minimum Gasteiger partial charge on any atom is -0.497 e. The van der Waals surface area contributed by atoms with Crippen LogP contribution in [-0.4, -0.2) is 71.1 Å². The van der Waals surface area contributed by atoms with E-state index in [0.29, 0.717) is 18.8 Å². The molecule has 8 heteroatoms.